The Balaban J connectivity index is 0.000000287. The van der Waals surface area contributed by atoms with Gasteiger partial charge in [-0.1, -0.05) is 49.6 Å². The molecule has 1 aliphatic carbocycles. The Bertz CT molecular complexity index is 2550. The van der Waals surface area contributed by atoms with E-state index in [9.17, 15) is 56.0 Å². The van der Waals surface area contributed by atoms with Crippen molar-refractivity contribution in [3.63, 3.8) is 0 Å². The van der Waals surface area contributed by atoms with Crippen LogP contribution in [0.1, 0.15) is 49.1 Å². The van der Waals surface area contributed by atoms with Gasteiger partial charge in [-0.2, -0.15) is 16.8 Å². The average molecular weight is 1410 g/mol. The van der Waals surface area contributed by atoms with E-state index in [-0.39, 0.29) is 20.0 Å². The maximum Gasteiger partial charge on any atom is 0.573 e. The summed E-state index contributed by atoms with van der Waals surface area (Å²) in [6.07, 6.45) is 0.606. The van der Waals surface area contributed by atoms with E-state index in [1.165, 1.54) is 30.7 Å². The first-order valence-electron chi connectivity index (χ1n) is 16.4. The molecule has 4 aromatic carbocycles. The van der Waals surface area contributed by atoms with E-state index in [2.05, 4.69) is 13.8 Å². The van der Waals surface area contributed by atoms with Crippen LogP contribution in [-0.2, 0) is 41.6 Å². The maximum absolute atomic E-state index is 12.0. The third-order valence-corrected chi connectivity index (χ3v) is 16.5. The third-order valence-electron chi connectivity index (χ3n) is 7.43. The molecular formula is C32H33F3I4O19P2S2. The van der Waals surface area contributed by atoms with Crippen molar-refractivity contribution in [1.82, 2.24) is 0 Å². The summed E-state index contributed by atoms with van der Waals surface area (Å²) < 4.78 is 175. The molecule has 0 amide bonds. The standard InChI is InChI=1S/C12H15IO4S.C7H4F3IO5S.C7H8IO5P.C6H6IO5P/c14-13-11-7-6-10(8-12(11)18(15,16)17)9-4-2-1-3-5-9;8-7(9,10)16-4-2-1-3-5(6(4)11-12)17(13,14)15;1-5-2-3-6(8-9)7(4-5)13-14(10,11)12;8-7-5-3-1-2-4-6(5)12-13(9,10)11/h6-9H,1-5H2,(H,15,16,17);1-3H,(H,13,14,15);2-4H,1H3,(H2,10,11,12);1-4H,(H2,9,10,11). The van der Waals surface area contributed by atoms with E-state index >= 15 is 0 Å². The number of phosphoric ester groups is 2. The van der Waals surface area contributed by atoms with Gasteiger partial charge in [0, 0.05) is 0 Å². The molecule has 0 bridgehead atoms. The van der Waals surface area contributed by atoms with Crippen LogP contribution in [0, 0.1) is 21.2 Å². The number of benzene rings is 4. The molecule has 0 saturated heterocycles. The zero-order valence-corrected chi connectivity index (χ0v) is 43.0. The van der Waals surface area contributed by atoms with Crippen LogP contribution in [-0.4, -0.2) is 51.9 Å². The zero-order chi connectivity index (χ0) is 47.1. The average Bonchev–Trinajstić information content (AvgIpc) is 3.16. The van der Waals surface area contributed by atoms with Crippen molar-refractivity contribution in [2.45, 2.75) is 61.1 Å². The molecule has 5 rings (SSSR count). The van der Waals surface area contributed by atoms with Gasteiger partial charge in [0.05, 0.1) is 10.7 Å². The predicted octanol–water partition coefficient (Wildman–Crippen LogP) is 9.38. The number of para-hydroxylation sites is 1. The van der Waals surface area contributed by atoms with Gasteiger partial charge >= 0.3 is 22.0 Å². The molecule has 0 aliphatic heterocycles. The number of alkyl halides is 3. The molecule has 1 aliphatic rings. The van der Waals surface area contributed by atoms with Gasteiger partial charge in [0.1, 0.15) is 30.6 Å². The van der Waals surface area contributed by atoms with Gasteiger partial charge in [-0.15, -0.1) is 13.2 Å². The van der Waals surface area contributed by atoms with E-state index in [4.69, 9.17) is 24.1 Å². The number of phosphoric acid groups is 2. The van der Waals surface area contributed by atoms with E-state index in [0.717, 1.165) is 55.0 Å². The molecule has 6 N–H and O–H groups in total. The second-order valence-electron chi connectivity index (χ2n) is 11.9. The minimum absolute atomic E-state index is 0.00105. The SMILES string of the molecule is Cc1ccc(I=O)c(OP(=O)(O)O)c1.O=Ic1c(OC(F)(F)F)cccc1S(=O)(=O)O.O=Ic1ccc(C2CCCCC2)cc1S(=O)(=O)O.O=Ic1ccccc1OP(=O)(O)O. The topological polar surface area (TPSA) is 320 Å². The Morgan fingerprint density at radius 3 is 1.61 bits per heavy atom. The van der Waals surface area contributed by atoms with Crippen molar-refractivity contribution in [3.05, 3.63) is 104 Å². The fourth-order valence-corrected chi connectivity index (χ4v) is 12.7. The van der Waals surface area contributed by atoms with E-state index in [1.54, 1.807) is 37.3 Å². The van der Waals surface area contributed by atoms with Gasteiger partial charge in [0.2, 0.25) is 0 Å². The fraction of sp³-hybridized carbons (Fsp3) is 0.250. The zero-order valence-electron chi connectivity index (χ0n) is 31.0. The Hall–Kier alpha value is -1.69. The Morgan fingerprint density at radius 1 is 0.613 bits per heavy atom. The van der Waals surface area contributed by atoms with Crippen molar-refractivity contribution in [3.8, 4) is 17.2 Å². The van der Waals surface area contributed by atoms with Gasteiger partial charge in [-0.3, -0.25) is 41.0 Å². The fourth-order valence-electron chi connectivity index (χ4n) is 5.02. The molecule has 0 spiro atoms. The Labute approximate surface area is 393 Å². The summed E-state index contributed by atoms with van der Waals surface area (Å²) in [6.45, 7) is 1.75. The highest BCUT2D eigenvalue weighted by Gasteiger charge is 2.34. The van der Waals surface area contributed by atoms with E-state index < -0.39 is 141 Å². The highest BCUT2D eigenvalue weighted by molar-refractivity contribution is 14.2. The van der Waals surface area contributed by atoms with Gasteiger partial charge < -0.3 is 13.8 Å². The number of hydrogen-bond donors (Lipinski definition) is 6. The third kappa shape index (κ3) is 20.6. The molecule has 346 valence electrons. The van der Waals surface area contributed by atoms with Crippen molar-refractivity contribution in [1.29, 1.82) is 0 Å². The minimum atomic E-state index is -5.04. The van der Waals surface area contributed by atoms with Crippen LogP contribution >= 0.6 is 100 Å². The van der Waals surface area contributed by atoms with Crippen LogP contribution in [0.2, 0.25) is 0 Å². The maximum atomic E-state index is 12.0. The van der Waals surface area contributed by atoms with Crippen molar-refractivity contribution < 1.29 is 93.9 Å². The second kappa shape index (κ2) is 25.3. The predicted molar refractivity (Wildman–Crippen MR) is 242 cm³/mol. The number of halogens is 7. The molecule has 19 nitrogen and oxygen atoms in total. The van der Waals surface area contributed by atoms with E-state index in [1.807, 2.05) is 6.07 Å². The highest BCUT2D eigenvalue weighted by atomic mass is 127. The minimum Gasteiger partial charge on any atom is -0.405 e. The lowest BCUT2D eigenvalue weighted by molar-refractivity contribution is -0.275. The summed E-state index contributed by atoms with van der Waals surface area (Å²) in [6, 6.07) is 18.3. The molecular weight excluding hydrogens is 1380 g/mol. The molecule has 0 aromatic heterocycles. The summed E-state index contributed by atoms with van der Waals surface area (Å²) >= 11 is -6.85. The largest absolute Gasteiger partial charge is 0.573 e. The lowest BCUT2D eigenvalue weighted by Crippen LogP contribution is -2.18. The monoisotopic (exact) mass is 1410 g/mol. The van der Waals surface area contributed by atoms with Crippen LogP contribution < -0.4 is 13.8 Å². The smallest absolute Gasteiger partial charge is 0.405 e. The van der Waals surface area contributed by atoms with Crippen molar-refractivity contribution in [2.75, 3.05) is 0 Å². The first-order valence-corrected chi connectivity index (χ1v) is 30.2. The summed E-state index contributed by atoms with van der Waals surface area (Å²) in [7, 11) is -18.1. The molecule has 4 aromatic rings. The lowest BCUT2D eigenvalue weighted by Gasteiger charge is -2.22. The molecule has 0 heterocycles. The Morgan fingerprint density at radius 2 is 1.11 bits per heavy atom. The quantitative estimate of drug-likeness (QED) is 0.0437. The first-order chi connectivity index (χ1) is 28.6. The molecule has 1 fully saturated rings. The number of hydrogen-bond acceptors (Lipinski definition) is 13. The summed E-state index contributed by atoms with van der Waals surface area (Å²) in [5.41, 5.74) is 1.72. The second-order valence-corrected chi connectivity index (χ2v) is 23.4. The molecule has 0 atom stereocenters. The van der Waals surface area contributed by atoms with Gasteiger partial charge in [0.15, 0.2) is 84.8 Å². The highest BCUT2D eigenvalue weighted by Crippen LogP contribution is 2.41. The molecule has 1 saturated carbocycles. The number of aryl methyl sites for hydroxylation is 1. The molecule has 30 heteroatoms. The normalized spacial score (nSPS) is 13.5. The Kier molecular flexibility index (Phi) is 23.0. The van der Waals surface area contributed by atoms with Crippen LogP contribution in [0.3, 0.4) is 0 Å². The van der Waals surface area contributed by atoms with E-state index in [0.29, 0.717) is 13.1 Å². The van der Waals surface area contributed by atoms with Gasteiger partial charge in [-0.25, -0.2) is 9.13 Å². The first kappa shape index (κ1) is 56.4. The molecule has 0 radical (unpaired) electrons. The van der Waals surface area contributed by atoms with Gasteiger partial charge in [-0.05, 0) is 85.3 Å². The summed E-state index contributed by atoms with van der Waals surface area (Å²) in [5.74, 6) is -0.548. The van der Waals surface area contributed by atoms with Crippen molar-refractivity contribution >= 4 is 121 Å². The van der Waals surface area contributed by atoms with Crippen LogP contribution in [0.4, 0.5) is 13.2 Å². The van der Waals surface area contributed by atoms with Crippen LogP contribution in [0.15, 0.2) is 88.7 Å². The summed E-state index contributed by atoms with van der Waals surface area (Å²) in [4.78, 5) is 33.1. The van der Waals surface area contributed by atoms with Gasteiger partial charge in [0.25, 0.3) is 20.2 Å². The van der Waals surface area contributed by atoms with Crippen LogP contribution in [0.5, 0.6) is 17.2 Å². The number of rotatable bonds is 12. The van der Waals surface area contributed by atoms with Crippen LogP contribution in [0.25, 0.3) is 0 Å². The summed E-state index contributed by atoms with van der Waals surface area (Å²) in [5, 5.41) is 0. The molecule has 62 heavy (non-hydrogen) atoms. The number of ether oxygens (including phenoxy) is 1. The lowest BCUT2D eigenvalue weighted by atomic mass is 9.84. The molecule has 0 unspecified atom stereocenters. The van der Waals surface area contributed by atoms with Crippen molar-refractivity contribution in [2.24, 2.45) is 0 Å².